The molecule has 19 heavy (non-hydrogen) atoms. The molecule has 0 amide bonds. The molecule has 2 rings (SSSR count). The van der Waals surface area contributed by atoms with Crippen LogP contribution in [0.5, 0.6) is 0 Å². The second-order valence-electron chi connectivity index (χ2n) is 3.57. The molecule has 0 unspecified atom stereocenters. The topological polar surface area (TPSA) is 79.0 Å². The Labute approximate surface area is 126 Å². The molecule has 2 N–H and O–H groups in total. The fraction of sp³-hybridized carbons (Fsp3) is 0.100. The average Bonchev–Trinajstić information content (AvgIpc) is 2.76. The van der Waals surface area contributed by atoms with Crippen molar-refractivity contribution in [1.29, 1.82) is 0 Å². The predicted octanol–water partition coefficient (Wildman–Crippen LogP) is 2.33. The first-order chi connectivity index (χ1) is 8.88. The van der Waals surface area contributed by atoms with Crippen molar-refractivity contribution in [2.75, 3.05) is 0 Å². The molecule has 0 saturated carbocycles. The molecule has 102 valence electrons. The number of hydrogen-bond donors (Lipinski definition) is 2. The Morgan fingerprint density at radius 2 is 2.16 bits per heavy atom. The second kappa shape index (κ2) is 5.76. The van der Waals surface area contributed by atoms with Gasteiger partial charge in [0.05, 0.1) is 16.5 Å². The lowest BCUT2D eigenvalue weighted by Gasteiger charge is -2.06. The summed E-state index contributed by atoms with van der Waals surface area (Å²) >= 11 is 9.96. The van der Waals surface area contributed by atoms with Gasteiger partial charge in [-0.05, 0) is 34.1 Å². The quantitative estimate of drug-likeness (QED) is 0.850. The van der Waals surface area contributed by atoms with Crippen LogP contribution in [0.25, 0.3) is 0 Å². The van der Waals surface area contributed by atoms with Gasteiger partial charge in [-0.1, -0.05) is 22.9 Å². The van der Waals surface area contributed by atoms with Crippen LogP contribution >= 0.6 is 38.9 Å². The van der Waals surface area contributed by atoms with E-state index >= 15 is 0 Å². The molecule has 0 saturated heterocycles. The molecule has 0 radical (unpaired) electrons. The number of hydrogen-bond acceptors (Lipinski definition) is 4. The second-order valence-corrected chi connectivity index (χ2v) is 7.44. The molecule has 1 aromatic heterocycles. The van der Waals surface area contributed by atoms with Crippen molar-refractivity contribution >= 4 is 48.9 Å². The Kier molecular flexibility index (Phi) is 4.46. The molecule has 0 spiro atoms. The van der Waals surface area contributed by atoms with Gasteiger partial charge < -0.3 is 4.98 Å². The minimum Gasteiger partial charge on any atom is -0.315 e. The Balaban J connectivity index is 2.18. The van der Waals surface area contributed by atoms with E-state index in [0.717, 1.165) is 11.3 Å². The van der Waals surface area contributed by atoms with Crippen LogP contribution < -0.4 is 9.60 Å². The highest BCUT2D eigenvalue weighted by molar-refractivity contribution is 9.10. The van der Waals surface area contributed by atoms with Gasteiger partial charge in [0, 0.05) is 15.5 Å². The van der Waals surface area contributed by atoms with Crippen molar-refractivity contribution in [1.82, 2.24) is 9.71 Å². The third-order valence-electron chi connectivity index (χ3n) is 2.22. The zero-order valence-corrected chi connectivity index (χ0v) is 13.3. The summed E-state index contributed by atoms with van der Waals surface area (Å²) in [4.78, 5) is 13.3. The van der Waals surface area contributed by atoms with Gasteiger partial charge in [0.2, 0.25) is 10.0 Å². The summed E-state index contributed by atoms with van der Waals surface area (Å²) in [6.45, 7) is 0.0291. The monoisotopic (exact) mass is 382 g/mol. The van der Waals surface area contributed by atoms with E-state index in [2.05, 4.69) is 25.6 Å². The zero-order chi connectivity index (χ0) is 14.0. The molecule has 0 aliphatic carbocycles. The largest absolute Gasteiger partial charge is 0.315 e. The van der Waals surface area contributed by atoms with E-state index in [-0.39, 0.29) is 16.3 Å². The minimum absolute atomic E-state index is 0.0291. The highest BCUT2D eigenvalue weighted by Crippen LogP contribution is 2.25. The average molecular weight is 384 g/mol. The van der Waals surface area contributed by atoms with E-state index in [1.54, 1.807) is 5.38 Å². The first kappa shape index (κ1) is 14.7. The van der Waals surface area contributed by atoms with Crippen molar-refractivity contribution in [3.63, 3.8) is 0 Å². The third-order valence-corrected chi connectivity index (χ3v) is 5.56. The number of H-pyrrole nitrogens is 1. The summed E-state index contributed by atoms with van der Waals surface area (Å²) in [7, 11) is -3.64. The van der Waals surface area contributed by atoms with Crippen LogP contribution in [0.1, 0.15) is 5.69 Å². The van der Waals surface area contributed by atoms with Crippen LogP contribution in [0.4, 0.5) is 0 Å². The smallest absolute Gasteiger partial charge is 0.304 e. The lowest BCUT2D eigenvalue weighted by atomic mass is 10.4. The fourth-order valence-electron chi connectivity index (χ4n) is 1.30. The lowest BCUT2D eigenvalue weighted by molar-refractivity contribution is 0.580. The van der Waals surface area contributed by atoms with Gasteiger partial charge in [-0.3, -0.25) is 4.79 Å². The number of benzene rings is 1. The molecular formula is C10H8BrClN2O3S2. The van der Waals surface area contributed by atoms with E-state index < -0.39 is 10.0 Å². The summed E-state index contributed by atoms with van der Waals surface area (Å²) < 4.78 is 26.9. The predicted molar refractivity (Wildman–Crippen MR) is 78.1 cm³/mol. The number of halogens is 2. The highest BCUT2D eigenvalue weighted by Gasteiger charge is 2.15. The fourth-order valence-corrected chi connectivity index (χ4v) is 3.56. The normalized spacial score (nSPS) is 11.7. The molecule has 0 aliphatic heterocycles. The van der Waals surface area contributed by atoms with E-state index in [1.165, 1.54) is 18.2 Å². The lowest BCUT2D eigenvalue weighted by Crippen LogP contribution is -2.23. The number of thiazole rings is 1. The van der Waals surface area contributed by atoms with Crippen LogP contribution in [0.2, 0.25) is 5.02 Å². The first-order valence-electron chi connectivity index (χ1n) is 5.00. The molecule has 9 heteroatoms. The Morgan fingerprint density at radius 1 is 1.42 bits per heavy atom. The van der Waals surface area contributed by atoms with Crippen LogP contribution in [0, 0.1) is 0 Å². The molecule has 1 aromatic carbocycles. The summed E-state index contributed by atoms with van der Waals surface area (Å²) in [5.41, 5.74) is 0.520. The maximum absolute atomic E-state index is 12.0. The van der Waals surface area contributed by atoms with Crippen molar-refractivity contribution in [3.8, 4) is 0 Å². The summed E-state index contributed by atoms with van der Waals surface area (Å²) in [5.74, 6) is 0. The zero-order valence-electron chi connectivity index (χ0n) is 9.31. The van der Waals surface area contributed by atoms with Gasteiger partial charge in [0.25, 0.3) is 0 Å². The minimum atomic E-state index is -3.64. The van der Waals surface area contributed by atoms with E-state index in [1.807, 2.05) is 0 Å². The summed E-state index contributed by atoms with van der Waals surface area (Å²) in [6, 6.07) is 4.32. The molecule has 0 bridgehead atoms. The molecule has 1 heterocycles. The van der Waals surface area contributed by atoms with Gasteiger partial charge in [-0.25, -0.2) is 13.1 Å². The number of aromatic amines is 1. The van der Waals surface area contributed by atoms with Crippen molar-refractivity contribution in [2.24, 2.45) is 0 Å². The number of aromatic nitrogens is 1. The summed E-state index contributed by atoms with van der Waals surface area (Å²) in [6.07, 6.45) is 0. The highest BCUT2D eigenvalue weighted by atomic mass is 79.9. The molecule has 5 nitrogen and oxygen atoms in total. The van der Waals surface area contributed by atoms with Gasteiger partial charge >= 0.3 is 4.87 Å². The van der Waals surface area contributed by atoms with E-state index in [9.17, 15) is 13.2 Å². The maximum atomic E-state index is 12.0. The maximum Gasteiger partial charge on any atom is 0.304 e. The Hall–Kier alpha value is -0.670. The molecule has 0 aliphatic rings. The molecular weight excluding hydrogens is 376 g/mol. The van der Waals surface area contributed by atoms with Crippen LogP contribution in [-0.2, 0) is 16.6 Å². The number of nitrogens with one attached hydrogen (secondary N) is 2. The molecule has 0 atom stereocenters. The van der Waals surface area contributed by atoms with Gasteiger partial charge in [-0.15, -0.1) is 0 Å². The van der Waals surface area contributed by atoms with E-state index in [4.69, 9.17) is 11.6 Å². The Morgan fingerprint density at radius 3 is 2.74 bits per heavy atom. The van der Waals surface area contributed by atoms with E-state index in [0.29, 0.717) is 15.2 Å². The van der Waals surface area contributed by atoms with Gasteiger partial charge in [-0.2, -0.15) is 0 Å². The van der Waals surface area contributed by atoms with Crippen molar-refractivity contribution in [3.05, 3.63) is 48.4 Å². The van der Waals surface area contributed by atoms with Crippen LogP contribution in [0.15, 0.2) is 37.7 Å². The number of sulfonamides is 1. The third kappa shape index (κ3) is 3.67. The number of rotatable bonds is 4. The Bertz CT molecular complexity index is 754. The van der Waals surface area contributed by atoms with Crippen LogP contribution in [0.3, 0.4) is 0 Å². The van der Waals surface area contributed by atoms with Crippen molar-refractivity contribution < 1.29 is 8.42 Å². The van der Waals surface area contributed by atoms with Crippen LogP contribution in [-0.4, -0.2) is 13.4 Å². The van der Waals surface area contributed by atoms with Crippen molar-refractivity contribution in [2.45, 2.75) is 11.4 Å². The molecule has 0 fully saturated rings. The summed E-state index contributed by atoms with van der Waals surface area (Å²) in [5, 5.41) is 2.00. The van der Waals surface area contributed by atoms with Gasteiger partial charge in [0.15, 0.2) is 0 Å². The molecule has 2 aromatic rings. The first-order valence-corrected chi connectivity index (χ1v) is 8.53. The SMILES string of the molecule is O=c1[nH]c(CNS(=O)(=O)c2ccc(Cl)c(Br)c2)cs1. The van der Waals surface area contributed by atoms with Gasteiger partial charge in [0.1, 0.15) is 0 Å². The standard InChI is InChI=1S/C10H8BrClN2O3S2/c11-8-3-7(1-2-9(8)12)19(16,17)13-4-6-5-18-10(15)14-6/h1-3,5,13H,4H2,(H,14,15).